The summed E-state index contributed by atoms with van der Waals surface area (Å²) in [4.78, 5) is 15.9. The molecular weight excluding hydrogens is 308 g/mol. The van der Waals surface area contributed by atoms with E-state index >= 15 is 0 Å². The first kappa shape index (κ1) is 15.7. The van der Waals surface area contributed by atoms with Gasteiger partial charge in [0.25, 0.3) is 0 Å². The molecule has 0 fully saturated rings. The van der Waals surface area contributed by atoms with Crippen LogP contribution in [0.25, 0.3) is 0 Å². The van der Waals surface area contributed by atoms with Crippen molar-refractivity contribution in [1.29, 1.82) is 0 Å². The maximum absolute atomic E-state index is 11.9. The van der Waals surface area contributed by atoms with Crippen molar-refractivity contribution < 1.29 is 18.8 Å². The summed E-state index contributed by atoms with van der Waals surface area (Å²) in [6, 6.07) is 11.2. The van der Waals surface area contributed by atoms with Crippen LogP contribution in [0.2, 0.25) is 0 Å². The van der Waals surface area contributed by atoms with Gasteiger partial charge < -0.3 is 14.0 Å². The highest BCUT2D eigenvalue weighted by Gasteiger charge is 2.14. The first-order valence-corrected chi connectivity index (χ1v) is 7.41. The average Bonchev–Trinajstić information content (AvgIpc) is 3.06. The molecule has 6 heteroatoms. The SMILES string of the molecule is Cc1nocc1C(=O)OCc1ccc(OCc2cccnc2)cc1. The molecule has 0 amide bonds. The van der Waals surface area contributed by atoms with Gasteiger partial charge in [0.05, 0.1) is 5.69 Å². The molecule has 2 aromatic heterocycles. The molecule has 3 rings (SSSR count). The monoisotopic (exact) mass is 324 g/mol. The number of aromatic nitrogens is 2. The number of esters is 1. The summed E-state index contributed by atoms with van der Waals surface area (Å²) >= 11 is 0. The highest BCUT2D eigenvalue weighted by molar-refractivity contribution is 5.89. The van der Waals surface area contributed by atoms with Gasteiger partial charge in [0.2, 0.25) is 0 Å². The minimum atomic E-state index is -0.453. The molecule has 1 aromatic carbocycles. The molecular formula is C18H16N2O4. The Bertz CT molecular complexity index is 797. The van der Waals surface area contributed by atoms with E-state index in [-0.39, 0.29) is 6.61 Å². The van der Waals surface area contributed by atoms with Gasteiger partial charge in [-0.25, -0.2) is 4.79 Å². The Hall–Kier alpha value is -3.15. The first-order valence-electron chi connectivity index (χ1n) is 7.41. The van der Waals surface area contributed by atoms with Crippen LogP contribution < -0.4 is 4.74 Å². The highest BCUT2D eigenvalue weighted by Crippen LogP contribution is 2.15. The third-order valence-corrected chi connectivity index (χ3v) is 3.39. The Morgan fingerprint density at radius 1 is 1.12 bits per heavy atom. The third-order valence-electron chi connectivity index (χ3n) is 3.39. The fourth-order valence-corrected chi connectivity index (χ4v) is 2.05. The Kier molecular flexibility index (Phi) is 4.86. The molecule has 24 heavy (non-hydrogen) atoms. The van der Waals surface area contributed by atoms with Gasteiger partial charge in [0.15, 0.2) is 0 Å². The van der Waals surface area contributed by atoms with E-state index < -0.39 is 5.97 Å². The van der Waals surface area contributed by atoms with Crippen LogP contribution in [-0.2, 0) is 18.0 Å². The smallest absolute Gasteiger partial charge is 0.343 e. The van der Waals surface area contributed by atoms with Crippen molar-refractivity contribution in [3.05, 3.63) is 77.4 Å². The molecule has 0 bridgehead atoms. The normalized spacial score (nSPS) is 10.4. The van der Waals surface area contributed by atoms with Crippen molar-refractivity contribution in [3.8, 4) is 5.75 Å². The summed E-state index contributed by atoms with van der Waals surface area (Å²) in [5.74, 6) is 0.287. The van der Waals surface area contributed by atoms with E-state index in [1.165, 1.54) is 6.26 Å². The van der Waals surface area contributed by atoms with Crippen LogP contribution in [0.3, 0.4) is 0 Å². The summed E-state index contributed by atoms with van der Waals surface area (Å²) in [6.07, 6.45) is 4.77. The van der Waals surface area contributed by atoms with Crippen molar-refractivity contribution in [3.63, 3.8) is 0 Å². The Morgan fingerprint density at radius 2 is 1.96 bits per heavy atom. The molecule has 122 valence electrons. The van der Waals surface area contributed by atoms with E-state index in [1.54, 1.807) is 19.3 Å². The predicted octanol–water partition coefficient (Wildman–Crippen LogP) is 3.31. The van der Waals surface area contributed by atoms with Crippen molar-refractivity contribution >= 4 is 5.97 Å². The van der Waals surface area contributed by atoms with Crippen LogP contribution in [0.15, 0.2) is 59.6 Å². The Labute approximate surface area is 139 Å². The van der Waals surface area contributed by atoms with E-state index in [0.29, 0.717) is 17.9 Å². The number of nitrogens with zero attached hydrogens (tertiary/aromatic N) is 2. The molecule has 0 aliphatic heterocycles. The largest absolute Gasteiger partial charge is 0.489 e. The number of hydrogen-bond acceptors (Lipinski definition) is 6. The minimum Gasteiger partial charge on any atom is -0.489 e. The molecule has 0 spiro atoms. The maximum Gasteiger partial charge on any atom is 0.343 e. The topological polar surface area (TPSA) is 74.5 Å². The molecule has 3 aromatic rings. The molecule has 0 aliphatic rings. The van der Waals surface area contributed by atoms with E-state index in [0.717, 1.165) is 16.9 Å². The summed E-state index contributed by atoms with van der Waals surface area (Å²) < 4.78 is 15.6. The van der Waals surface area contributed by atoms with E-state index in [4.69, 9.17) is 14.0 Å². The van der Waals surface area contributed by atoms with Gasteiger partial charge in [-0.05, 0) is 30.7 Å². The maximum atomic E-state index is 11.9. The molecule has 0 unspecified atom stereocenters. The zero-order valence-corrected chi connectivity index (χ0v) is 13.1. The zero-order chi connectivity index (χ0) is 16.8. The number of ether oxygens (including phenoxy) is 2. The van der Waals surface area contributed by atoms with Crippen LogP contribution in [0.4, 0.5) is 0 Å². The van der Waals surface area contributed by atoms with Crippen LogP contribution in [0.1, 0.15) is 27.2 Å². The lowest BCUT2D eigenvalue weighted by molar-refractivity contribution is 0.0471. The molecule has 2 heterocycles. The van der Waals surface area contributed by atoms with Gasteiger partial charge >= 0.3 is 5.97 Å². The molecule has 0 saturated carbocycles. The summed E-state index contributed by atoms with van der Waals surface area (Å²) in [5, 5.41) is 3.65. The number of carbonyl (C=O) groups is 1. The lowest BCUT2D eigenvalue weighted by atomic mass is 10.2. The average molecular weight is 324 g/mol. The lowest BCUT2D eigenvalue weighted by Gasteiger charge is -2.07. The summed E-state index contributed by atoms with van der Waals surface area (Å²) in [7, 11) is 0. The summed E-state index contributed by atoms with van der Waals surface area (Å²) in [5.41, 5.74) is 2.72. The van der Waals surface area contributed by atoms with Crippen LogP contribution in [-0.4, -0.2) is 16.1 Å². The second kappa shape index (κ2) is 7.41. The molecule has 0 radical (unpaired) electrons. The number of benzene rings is 1. The van der Waals surface area contributed by atoms with E-state index in [2.05, 4.69) is 10.1 Å². The second-order valence-corrected chi connectivity index (χ2v) is 5.18. The molecule has 0 N–H and O–H groups in total. The number of aryl methyl sites for hydroxylation is 1. The lowest BCUT2D eigenvalue weighted by Crippen LogP contribution is -2.05. The van der Waals surface area contributed by atoms with Crippen LogP contribution in [0, 0.1) is 6.92 Å². The standard InChI is InChI=1S/C18H16N2O4/c1-13-17(12-24-20-13)18(21)23-10-14-4-6-16(7-5-14)22-11-15-3-2-8-19-9-15/h2-9,12H,10-11H2,1H3. The van der Waals surface area contributed by atoms with Gasteiger partial charge in [-0.2, -0.15) is 0 Å². The fraction of sp³-hybridized carbons (Fsp3) is 0.167. The van der Waals surface area contributed by atoms with Gasteiger partial charge in [0.1, 0.15) is 30.8 Å². The quantitative estimate of drug-likeness (QED) is 0.648. The van der Waals surface area contributed by atoms with Crippen molar-refractivity contribution in [2.75, 3.05) is 0 Å². The molecule has 0 atom stereocenters. The highest BCUT2D eigenvalue weighted by atomic mass is 16.5. The number of carbonyl (C=O) groups excluding carboxylic acids is 1. The van der Waals surface area contributed by atoms with E-state index in [1.807, 2.05) is 36.4 Å². The Balaban J connectivity index is 1.51. The second-order valence-electron chi connectivity index (χ2n) is 5.18. The molecule has 0 saturated heterocycles. The fourth-order valence-electron chi connectivity index (χ4n) is 2.05. The van der Waals surface area contributed by atoms with Crippen LogP contribution >= 0.6 is 0 Å². The zero-order valence-electron chi connectivity index (χ0n) is 13.1. The van der Waals surface area contributed by atoms with Gasteiger partial charge in [-0.15, -0.1) is 0 Å². The number of pyridine rings is 1. The number of rotatable bonds is 6. The third kappa shape index (κ3) is 3.98. The van der Waals surface area contributed by atoms with Gasteiger partial charge in [-0.3, -0.25) is 4.98 Å². The minimum absolute atomic E-state index is 0.173. The molecule has 0 aliphatic carbocycles. The van der Waals surface area contributed by atoms with Crippen molar-refractivity contribution in [2.24, 2.45) is 0 Å². The summed E-state index contributed by atoms with van der Waals surface area (Å²) in [6.45, 7) is 2.32. The van der Waals surface area contributed by atoms with Gasteiger partial charge in [-0.1, -0.05) is 23.4 Å². The van der Waals surface area contributed by atoms with Gasteiger partial charge in [0, 0.05) is 18.0 Å². The van der Waals surface area contributed by atoms with Crippen LogP contribution in [0.5, 0.6) is 5.75 Å². The number of hydrogen-bond donors (Lipinski definition) is 0. The predicted molar refractivity (Wildman–Crippen MR) is 85.4 cm³/mol. The van der Waals surface area contributed by atoms with E-state index in [9.17, 15) is 4.79 Å². The Morgan fingerprint density at radius 3 is 2.62 bits per heavy atom. The van der Waals surface area contributed by atoms with Crippen molar-refractivity contribution in [1.82, 2.24) is 10.1 Å². The molecule has 6 nitrogen and oxygen atoms in total. The van der Waals surface area contributed by atoms with Crippen molar-refractivity contribution in [2.45, 2.75) is 20.1 Å². The first-order chi connectivity index (χ1) is 11.7.